The Labute approximate surface area is 156 Å². The first kappa shape index (κ1) is 18.2. The van der Waals surface area contributed by atoms with Crippen LogP contribution in [0.1, 0.15) is 36.8 Å². The molecule has 26 heavy (non-hydrogen) atoms. The number of amides is 3. The van der Waals surface area contributed by atoms with Crippen LogP contribution in [-0.4, -0.2) is 43.7 Å². The molecule has 8 nitrogen and oxygen atoms in total. The van der Waals surface area contributed by atoms with E-state index in [1.807, 2.05) is 20.8 Å². The minimum atomic E-state index is -0.523. The van der Waals surface area contributed by atoms with Gasteiger partial charge in [0.2, 0.25) is 0 Å². The molecule has 0 atom stereocenters. The maximum absolute atomic E-state index is 13.0. The van der Waals surface area contributed by atoms with Crippen LogP contribution in [0.5, 0.6) is 0 Å². The number of halogens is 1. The number of nitrogens with zero attached hydrogens (tertiary/aromatic N) is 4. The number of rotatable bonds is 2. The highest BCUT2D eigenvalue weighted by molar-refractivity contribution is 6.30. The van der Waals surface area contributed by atoms with Crippen LogP contribution in [0, 0.1) is 0 Å². The molecule has 0 radical (unpaired) electrons. The fraction of sp³-hybridized carbons (Fsp3) is 0.412. The van der Waals surface area contributed by atoms with Gasteiger partial charge in [-0.15, -0.1) is 0 Å². The molecule has 0 saturated heterocycles. The van der Waals surface area contributed by atoms with Crippen LogP contribution in [0.2, 0.25) is 5.02 Å². The van der Waals surface area contributed by atoms with Gasteiger partial charge in [0.05, 0.1) is 29.4 Å². The number of nitrogens with one attached hydrogen (secondary N) is 1. The smallest absolute Gasteiger partial charge is 0.315 e. The zero-order chi connectivity index (χ0) is 19.1. The number of fused-ring (bicyclic) bond motifs is 1. The summed E-state index contributed by atoms with van der Waals surface area (Å²) >= 11 is 6.06. The predicted molar refractivity (Wildman–Crippen MR) is 97.7 cm³/mol. The largest absolute Gasteiger partial charge is 0.351 e. The molecule has 0 saturated carbocycles. The third-order valence-electron chi connectivity index (χ3n) is 3.99. The van der Waals surface area contributed by atoms with E-state index in [2.05, 4.69) is 15.4 Å². The molecule has 3 N–H and O–H groups in total. The molecule has 0 fully saturated rings. The number of pyridine rings is 1. The van der Waals surface area contributed by atoms with E-state index in [1.54, 1.807) is 16.9 Å². The first-order chi connectivity index (χ1) is 12.2. The molecule has 2 aromatic heterocycles. The Kier molecular flexibility index (Phi) is 4.62. The van der Waals surface area contributed by atoms with E-state index in [1.165, 1.54) is 11.1 Å². The second-order valence-electron chi connectivity index (χ2n) is 7.25. The third kappa shape index (κ3) is 3.65. The van der Waals surface area contributed by atoms with Gasteiger partial charge in [-0.05, 0) is 26.8 Å². The zero-order valence-corrected chi connectivity index (χ0v) is 15.7. The van der Waals surface area contributed by atoms with E-state index in [0.717, 1.165) is 0 Å². The van der Waals surface area contributed by atoms with Crippen molar-refractivity contribution in [2.45, 2.75) is 39.4 Å². The van der Waals surface area contributed by atoms with Crippen LogP contribution in [0.15, 0.2) is 18.5 Å². The molecular formula is C17H21ClN6O2. The molecule has 0 spiro atoms. The van der Waals surface area contributed by atoms with Crippen LogP contribution >= 0.6 is 11.6 Å². The molecule has 0 bridgehead atoms. The van der Waals surface area contributed by atoms with Crippen molar-refractivity contribution < 1.29 is 9.59 Å². The number of aromatic nitrogens is 3. The first-order valence-corrected chi connectivity index (χ1v) is 8.61. The summed E-state index contributed by atoms with van der Waals surface area (Å²) in [6.45, 7) is 6.83. The average molecular weight is 377 g/mol. The van der Waals surface area contributed by atoms with Crippen LogP contribution in [-0.2, 0) is 13.1 Å². The molecule has 0 aromatic carbocycles. The van der Waals surface area contributed by atoms with Gasteiger partial charge in [0.15, 0.2) is 0 Å². The van der Waals surface area contributed by atoms with Crippen molar-refractivity contribution in [2.24, 2.45) is 5.73 Å². The second kappa shape index (κ2) is 6.60. The molecule has 2 aromatic rings. The van der Waals surface area contributed by atoms with Gasteiger partial charge in [-0.1, -0.05) is 11.6 Å². The maximum atomic E-state index is 13.0. The van der Waals surface area contributed by atoms with Crippen LogP contribution < -0.4 is 11.1 Å². The Balaban J connectivity index is 2.13. The fourth-order valence-electron chi connectivity index (χ4n) is 2.89. The van der Waals surface area contributed by atoms with E-state index < -0.39 is 11.6 Å². The minimum absolute atomic E-state index is 0.225. The van der Waals surface area contributed by atoms with Crippen LogP contribution in [0.4, 0.5) is 4.79 Å². The molecule has 0 aliphatic carbocycles. The van der Waals surface area contributed by atoms with Crippen molar-refractivity contribution in [3.63, 3.8) is 0 Å². The van der Waals surface area contributed by atoms with Gasteiger partial charge >= 0.3 is 6.03 Å². The number of urea groups is 1. The first-order valence-electron chi connectivity index (χ1n) is 8.23. The van der Waals surface area contributed by atoms with E-state index in [4.69, 9.17) is 17.3 Å². The molecule has 138 valence electrons. The van der Waals surface area contributed by atoms with Crippen molar-refractivity contribution in [1.82, 2.24) is 25.0 Å². The standard InChI is InChI=1S/C17H21ClN6O2/c1-17(2,3)21-15(25)13-12-9-23(16(19)26)4-5-24(12)22-14(13)10-6-11(18)8-20-7-10/h6-8H,4-5,9H2,1-3H3,(H2,19,26)(H,21,25). The number of carbonyl (C=O) groups excluding carboxylic acids is 2. The number of hydrogen-bond donors (Lipinski definition) is 2. The van der Waals surface area contributed by atoms with Gasteiger partial charge in [-0.3, -0.25) is 14.5 Å². The van der Waals surface area contributed by atoms with E-state index >= 15 is 0 Å². The lowest BCUT2D eigenvalue weighted by molar-refractivity contribution is 0.0916. The maximum Gasteiger partial charge on any atom is 0.315 e. The quantitative estimate of drug-likeness (QED) is 0.836. The monoisotopic (exact) mass is 376 g/mol. The normalized spacial score (nSPS) is 14.1. The van der Waals surface area contributed by atoms with Gasteiger partial charge in [0.25, 0.3) is 5.91 Å². The summed E-state index contributed by atoms with van der Waals surface area (Å²) in [7, 11) is 0. The summed E-state index contributed by atoms with van der Waals surface area (Å²) in [5.41, 5.74) is 7.19. The lowest BCUT2D eigenvalue weighted by atomic mass is 10.0. The molecular weight excluding hydrogens is 356 g/mol. The summed E-state index contributed by atoms with van der Waals surface area (Å²) in [5.74, 6) is -0.264. The summed E-state index contributed by atoms with van der Waals surface area (Å²) in [6, 6.07) is 1.19. The zero-order valence-electron chi connectivity index (χ0n) is 14.9. The number of carbonyl (C=O) groups is 2. The Morgan fingerprint density at radius 2 is 2.00 bits per heavy atom. The molecule has 3 heterocycles. The van der Waals surface area contributed by atoms with E-state index in [9.17, 15) is 9.59 Å². The van der Waals surface area contributed by atoms with Crippen molar-refractivity contribution in [2.75, 3.05) is 6.54 Å². The molecule has 3 rings (SSSR count). The minimum Gasteiger partial charge on any atom is -0.351 e. The van der Waals surface area contributed by atoms with Crippen LogP contribution in [0.3, 0.4) is 0 Å². The van der Waals surface area contributed by atoms with Crippen LogP contribution in [0.25, 0.3) is 11.3 Å². The van der Waals surface area contributed by atoms with Crippen molar-refractivity contribution in [1.29, 1.82) is 0 Å². The Morgan fingerprint density at radius 1 is 1.27 bits per heavy atom. The topological polar surface area (TPSA) is 106 Å². The number of primary amides is 1. The van der Waals surface area contributed by atoms with E-state index in [-0.39, 0.29) is 12.5 Å². The molecule has 9 heteroatoms. The third-order valence-corrected chi connectivity index (χ3v) is 4.19. The lowest BCUT2D eigenvalue weighted by Gasteiger charge is -2.27. The summed E-state index contributed by atoms with van der Waals surface area (Å²) in [4.78, 5) is 30.2. The Hall–Kier alpha value is -2.61. The van der Waals surface area contributed by atoms with Crippen molar-refractivity contribution >= 4 is 23.5 Å². The molecule has 3 amide bonds. The second-order valence-corrected chi connectivity index (χ2v) is 7.69. The van der Waals surface area contributed by atoms with E-state index in [0.29, 0.717) is 40.6 Å². The van der Waals surface area contributed by atoms with Gasteiger partial charge in [-0.2, -0.15) is 5.10 Å². The molecule has 0 unspecified atom stereocenters. The number of nitrogens with two attached hydrogens (primary N) is 1. The van der Waals surface area contributed by atoms with Gasteiger partial charge < -0.3 is 16.0 Å². The van der Waals surface area contributed by atoms with Gasteiger partial charge in [0.1, 0.15) is 5.69 Å². The summed E-state index contributed by atoms with van der Waals surface area (Å²) < 4.78 is 1.74. The Bertz CT molecular complexity index is 871. The van der Waals surface area contributed by atoms with Gasteiger partial charge in [-0.25, -0.2) is 4.79 Å². The average Bonchev–Trinajstić information content (AvgIpc) is 2.91. The lowest BCUT2D eigenvalue weighted by Crippen LogP contribution is -2.44. The molecule has 1 aliphatic heterocycles. The number of hydrogen-bond acceptors (Lipinski definition) is 4. The molecule has 1 aliphatic rings. The van der Waals surface area contributed by atoms with Crippen molar-refractivity contribution in [3.05, 3.63) is 34.7 Å². The summed E-state index contributed by atoms with van der Waals surface area (Å²) in [5, 5.41) is 8.00. The highest BCUT2D eigenvalue weighted by Crippen LogP contribution is 2.29. The summed E-state index contributed by atoms with van der Waals surface area (Å²) in [6.07, 6.45) is 3.13. The van der Waals surface area contributed by atoms with Crippen molar-refractivity contribution in [3.8, 4) is 11.3 Å². The highest BCUT2D eigenvalue weighted by Gasteiger charge is 2.31. The fourth-order valence-corrected chi connectivity index (χ4v) is 3.06. The van der Waals surface area contributed by atoms with Gasteiger partial charge in [0, 0.05) is 30.0 Å². The predicted octanol–water partition coefficient (Wildman–Crippen LogP) is 2.02. The SMILES string of the molecule is CC(C)(C)NC(=O)c1c(-c2cncc(Cl)c2)nn2c1CN(C(N)=O)CC2. The highest BCUT2D eigenvalue weighted by atomic mass is 35.5. The Morgan fingerprint density at radius 3 is 2.62 bits per heavy atom.